The average Bonchev–Trinajstić information content (AvgIpc) is 2.62. The van der Waals surface area contributed by atoms with Crippen LogP contribution in [-0.4, -0.2) is 23.2 Å². The summed E-state index contributed by atoms with van der Waals surface area (Å²) < 4.78 is 5.54. The molecule has 0 amide bonds. The number of nitrogens with zero attached hydrogens (tertiary/aromatic N) is 2. The molecule has 1 aliphatic heterocycles. The molecule has 2 unspecified atom stereocenters. The maximum absolute atomic E-state index is 8.91. The molecule has 4 nitrogen and oxygen atoms in total. The Morgan fingerprint density at radius 3 is 3.06 bits per heavy atom. The Morgan fingerprint density at radius 1 is 1.71 bits per heavy atom. The number of ether oxygens (including phenoxy) is 1. The summed E-state index contributed by atoms with van der Waals surface area (Å²) >= 11 is 6.11. The summed E-state index contributed by atoms with van der Waals surface area (Å²) in [6.07, 6.45) is 2.56. The van der Waals surface area contributed by atoms with E-state index < -0.39 is 0 Å². The van der Waals surface area contributed by atoms with Crippen LogP contribution in [0.1, 0.15) is 25.8 Å². The second-order valence-corrected chi connectivity index (χ2v) is 4.82. The van der Waals surface area contributed by atoms with Crippen molar-refractivity contribution >= 4 is 17.4 Å². The van der Waals surface area contributed by atoms with Crippen molar-refractivity contribution in [3.8, 4) is 6.07 Å². The topological polar surface area (TPSA) is 57.9 Å². The molecule has 2 heterocycles. The van der Waals surface area contributed by atoms with Gasteiger partial charge in [0.25, 0.3) is 0 Å². The van der Waals surface area contributed by atoms with Gasteiger partial charge in [-0.05, 0) is 26.3 Å². The third-order valence-corrected chi connectivity index (χ3v) is 3.68. The highest BCUT2D eigenvalue weighted by atomic mass is 35.5. The van der Waals surface area contributed by atoms with Gasteiger partial charge >= 0.3 is 0 Å². The van der Waals surface area contributed by atoms with Crippen LogP contribution in [0.15, 0.2) is 12.3 Å². The lowest BCUT2D eigenvalue weighted by Crippen LogP contribution is -2.41. The van der Waals surface area contributed by atoms with E-state index >= 15 is 0 Å². The van der Waals surface area contributed by atoms with Crippen molar-refractivity contribution in [2.75, 3.05) is 11.9 Å². The van der Waals surface area contributed by atoms with Crippen molar-refractivity contribution in [1.82, 2.24) is 4.98 Å². The Kier molecular flexibility index (Phi) is 3.23. The van der Waals surface area contributed by atoms with Gasteiger partial charge in [0.15, 0.2) is 0 Å². The van der Waals surface area contributed by atoms with Crippen molar-refractivity contribution in [2.45, 2.75) is 31.9 Å². The minimum absolute atomic E-state index is 0.0890. The monoisotopic (exact) mass is 251 g/mol. The van der Waals surface area contributed by atoms with Crippen LogP contribution in [0, 0.1) is 11.3 Å². The van der Waals surface area contributed by atoms with E-state index in [2.05, 4.69) is 17.2 Å². The molecular formula is C12H14ClN3O. The standard InChI is InChI=1S/C12H14ClN3O/c1-8-12(2,4-6-17-8)16-11-10(13)9(7-14)3-5-15-11/h3,5,8H,4,6H2,1-2H3,(H,15,16). The SMILES string of the molecule is CC1OCCC1(C)Nc1nccc(C#N)c1Cl. The first-order valence-corrected chi connectivity index (χ1v) is 5.89. The van der Waals surface area contributed by atoms with Crippen LogP contribution in [0.2, 0.25) is 5.02 Å². The molecule has 1 aromatic rings. The van der Waals surface area contributed by atoms with E-state index in [1.54, 1.807) is 12.3 Å². The van der Waals surface area contributed by atoms with Crippen LogP contribution < -0.4 is 5.32 Å². The Morgan fingerprint density at radius 2 is 2.47 bits per heavy atom. The number of pyridine rings is 1. The number of nitrogens with one attached hydrogen (secondary N) is 1. The number of anilines is 1. The molecule has 1 N–H and O–H groups in total. The highest BCUT2D eigenvalue weighted by Gasteiger charge is 2.37. The van der Waals surface area contributed by atoms with E-state index in [4.69, 9.17) is 21.6 Å². The lowest BCUT2D eigenvalue weighted by Gasteiger charge is -2.29. The summed E-state index contributed by atoms with van der Waals surface area (Å²) in [6.45, 7) is 4.81. The van der Waals surface area contributed by atoms with Gasteiger partial charge in [0.1, 0.15) is 16.9 Å². The molecule has 0 spiro atoms. The molecule has 0 radical (unpaired) electrons. The molecule has 0 saturated carbocycles. The van der Waals surface area contributed by atoms with Crippen LogP contribution in [-0.2, 0) is 4.74 Å². The summed E-state index contributed by atoms with van der Waals surface area (Å²) in [7, 11) is 0. The first-order valence-electron chi connectivity index (χ1n) is 5.51. The molecule has 1 aromatic heterocycles. The van der Waals surface area contributed by atoms with Gasteiger partial charge in [0.05, 0.1) is 17.2 Å². The number of aromatic nitrogens is 1. The van der Waals surface area contributed by atoms with Crippen LogP contribution in [0.25, 0.3) is 0 Å². The van der Waals surface area contributed by atoms with Crippen molar-refractivity contribution in [3.05, 3.63) is 22.8 Å². The van der Waals surface area contributed by atoms with Crippen LogP contribution in [0.3, 0.4) is 0 Å². The maximum Gasteiger partial charge on any atom is 0.146 e. The number of nitriles is 1. The molecule has 0 aliphatic carbocycles. The summed E-state index contributed by atoms with van der Waals surface area (Å²) in [5.41, 5.74) is 0.240. The molecule has 1 saturated heterocycles. The van der Waals surface area contributed by atoms with E-state index in [0.29, 0.717) is 16.4 Å². The Bertz CT molecular complexity index is 471. The fraction of sp³-hybridized carbons (Fsp3) is 0.500. The van der Waals surface area contributed by atoms with Crippen LogP contribution in [0.4, 0.5) is 5.82 Å². The highest BCUT2D eigenvalue weighted by molar-refractivity contribution is 6.34. The van der Waals surface area contributed by atoms with E-state index in [1.165, 1.54) is 0 Å². The molecule has 1 aliphatic rings. The van der Waals surface area contributed by atoms with Gasteiger partial charge in [0.2, 0.25) is 0 Å². The zero-order chi connectivity index (χ0) is 12.5. The first-order chi connectivity index (χ1) is 8.07. The van der Waals surface area contributed by atoms with E-state index in [-0.39, 0.29) is 11.6 Å². The predicted octanol–water partition coefficient (Wildman–Crippen LogP) is 2.59. The third-order valence-electron chi connectivity index (χ3n) is 3.30. The maximum atomic E-state index is 8.91. The minimum atomic E-state index is -0.190. The smallest absolute Gasteiger partial charge is 0.146 e. The zero-order valence-corrected chi connectivity index (χ0v) is 10.6. The molecule has 1 fully saturated rings. The molecule has 2 atom stereocenters. The van der Waals surface area contributed by atoms with E-state index in [0.717, 1.165) is 13.0 Å². The van der Waals surface area contributed by atoms with Crippen LogP contribution in [0.5, 0.6) is 0 Å². The Balaban J connectivity index is 2.28. The van der Waals surface area contributed by atoms with Crippen molar-refractivity contribution < 1.29 is 4.74 Å². The van der Waals surface area contributed by atoms with Gasteiger partial charge in [-0.1, -0.05) is 11.6 Å². The molecule has 0 bridgehead atoms. The molecular weight excluding hydrogens is 238 g/mol. The number of rotatable bonds is 2. The fourth-order valence-corrected chi connectivity index (χ4v) is 2.09. The van der Waals surface area contributed by atoms with Crippen LogP contribution >= 0.6 is 11.6 Å². The van der Waals surface area contributed by atoms with Gasteiger partial charge < -0.3 is 10.1 Å². The van der Waals surface area contributed by atoms with Gasteiger partial charge in [-0.2, -0.15) is 5.26 Å². The molecule has 5 heteroatoms. The summed E-state index contributed by atoms with van der Waals surface area (Å²) in [5, 5.41) is 12.6. The van der Waals surface area contributed by atoms with Crippen molar-refractivity contribution in [3.63, 3.8) is 0 Å². The first kappa shape index (κ1) is 12.2. The van der Waals surface area contributed by atoms with Crippen molar-refractivity contribution in [1.29, 1.82) is 5.26 Å². The highest BCUT2D eigenvalue weighted by Crippen LogP contribution is 2.32. The summed E-state index contributed by atoms with van der Waals surface area (Å²) in [6, 6.07) is 3.64. The lowest BCUT2D eigenvalue weighted by molar-refractivity contribution is 0.105. The molecule has 90 valence electrons. The van der Waals surface area contributed by atoms with Gasteiger partial charge in [-0.25, -0.2) is 4.98 Å². The normalized spacial score (nSPS) is 27.8. The quantitative estimate of drug-likeness (QED) is 0.878. The lowest BCUT2D eigenvalue weighted by atomic mass is 9.94. The minimum Gasteiger partial charge on any atom is -0.376 e. The molecule has 17 heavy (non-hydrogen) atoms. The summed E-state index contributed by atoms with van der Waals surface area (Å²) in [4.78, 5) is 4.18. The van der Waals surface area contributed by atoms with E-state index in [1.807, 2.05) is 13.0 Å². The number of hydrogen-bond donors (Lipinski definition) is 1. The van der Waals surface area contributed by atoms with Crippen molar-refractivity contribution in [2.24, 2.45) is 0 Å². The van der Waals surface area contributed by atoms with Gasteiger partial charge in [0, 0.05) is 12.8 Å². The average molecular weight is 252 g/mol. The fourth-order valence-electron chi connectivity index (χ4n) is 1.89. The van der Waals surface area contributed by atoms with Gasteiger partial charge in [-0.3, -0.25) is 0 Å². The van der Waals surface area contributed by atoms with Gasteiger partial charge in [-0.15, -0.1) is 0 Å². The second-order valence-electron chi connectivity index (χ2n) is 4.44. The Labute approximate surface area is 106 Å². The zero-order valence-electron chi connectivity index (χ0n) is 9.83. The second kappa shape index (κ2) is 4.52. The molecule has 2 rings (SSSR count). The third kappa shape index (κ3) is 2.21. The number of halogens is 1. The number of hydrogen-bond acceptors (Lipinski definition) is 4. The molecule has 0 aromatic carbocycles. The summed E-state index contributed by atoms with van der Waals surface area (Å²) in [5.74, 6) is 0.547. The largest absolute Gasteiger partial charge is 0.376 e. The van der Waals surface area contributed by atoms with E-state index in [9.17, 15) is 0 Å². The predicted molar refractivity (Wildman–Crippen MR) is 66.0 cm³/mol. The Hall–Kier alpha value is -1.31.